The highest BCUT2D eigenvalue weighted by Gasteiger charge is 2.29. The predicted octanol–water partition coefficient (Wildman–Crippen LogP) is 2.98. The van der Waals surface area contributed by atoms with Crippen molar-refractivity contribution in [1.82, 2.24) is 4.90 Å². The second-order valence-corrected chi connectivity index (χ2v) is 5.47. The van der Waals surface area contributed by atoms with Crippen LogP contribution in [0.2, 0.25) is 0 Å². The summed E-state index contributed by atoms with van der Waals surface area (Å²) in [4.78, 5) is 36.8. The van der Waals surface area contributed by atoms with Gasteiger partial charge < -0.3 is 9.84 Å². The molecule has 1 amide bonds. The molecule has 6 nitrogen and oxygen atoms in total. The lowest BCUT2D eigenvalue weighted by molar-refractivity contribution is -0.141. The third kappa shape index (κ3) is 5.17. The summed E-state index contributed by atoms with van der Waals surface area (Å²) in [6.07, 6.45) is -0.844. The Balaban J connectivity index is 2.08. The lowest BCUT2D eigenvalue weighted by Crippen LogP contribution is -2.46. The highest BCUT2D eigenvalue weighted by atomic mass is 16.6. The van der Waals surface area contributed by atoms with Crippen LogP contribution in [-0.2, 0) is 16.1 Å². The third-order valence-corrected chi connectivity index (χ3v) is 3.67. The zero-order chi connectivity index (χ0) is 18.2. The van der Waals surface area contributed by atoms with Gasteiger partial charge in [0, 0.05) is 5.56 Å². The molecule has 0 aliphatic rings. The van der Waals surface area contributed by atoms with Gasteiger partial charge in [-0.05, 0) is 12.5 Å². The van der Waals surface area contributed by atoms with Crippen LogP contribution in [0.1, 0.15) is 22.8 Å². The highest BCUT2D eigenvalue weighted by molar-refractivity contribution is 5.99. The van der Waals surface area contributed by atoms with E-state index in [1.165, 1.54) is 6.92 Å². The first-order chi connectivity index (χ1) is 12.0. The van der Waals surface area contributed by atoms with Crippen LogP contribution in [0.4, 0.5) is 4.79 Å². The summed E-state index contributed by atoms with van der Waals surface area (Å²) >= 11 is 0. The molecular formula is C19H19NO5. The van der Waals surface area contributed by atoms with Gasteiger partial charge >= 0.3 is 12.1 Å². The van der Waals surface area contributed by atoms with E-state index in [9.17, 15) is 19.5 Å². The molecule has 130 valence electrons. The van der Waals surface area contributed by atoms with E-state index in [0.29, 0.717) is 5.56 Å². The minimum atomic E-state index is -1.21. The molecule has 0 fully saturated rings. The summed E-state index contributed by atoms with van der Waals surface area (Å²) in [5, 5.41) is 9.21. The van der Waals surface area contributed by atoms with Gasteiger partial charge in [-0.15, -0.1) is 0 Å². The van der Waals surface area contributed by atoms with E-state index in [0.717, 1.165) is 10.5 Å². The molecule has 1 N–H and O–H groups in total. The molecule has 0 aromatic heterocycles. The van der Waals surface area contributed by atoms with E-state index in [-0.39, 0.29) is 18.9 Å². The molecule has 0 saturated carbocycles. The van der Waals surface area contributed by atoms with Gasteiger partial charge in [-0.1, -0.05) is 60.7 Å². The van der Waals surface area contributed by atoms with Crippen LogP contribution in [0.15, 0.2) is 60.7 Å². The van der Waals surface area contributed by atoms with Crippen LogP contribution in [-0.4, -0.2) is 40.4 Å². The summed E-state index contributed by atoms with van der Waals surface area (Å²) in [6, 6.07) is 16.2. The van der Waals surface area contributed by atoms with Crippen LogP contribution in [0, 0.1) is 0 Å². The maximum Gasteiger partial charge on any atom is 0.411 e. The summed E-state index contributed by atoms with van der Waals surface area (Å²) in [5.74, 6) is -1.57. The number of benzene rings is 2. The van der Waals surface area contributed by atoms with Crippen molar-refractivity contribution in [3.05, 3.63) is 71.8 Å². The zero-order valence-corrected chi connectivity index (χ0v) is 13.8. The van der Waals surface area contributed by atoms with E-state index in [1.807, 2.05) is 6.07 Å². The molecule has 0 radical (unpaired) electrons. The smallest absolute Gasteiger partial charge is 0.411 e. The Kier molecular flexibility index (Phi) is 6.28. The summed E-state index contributed by atoms with van der Waals surface area (Å²) in [5.41, 5.74) is 1.18. The number of carbonyl (C=O) groups excluding carboxylic acids is 2. The fourth-order valence-electron chi connectivity index (χ4n) is 2.17. The first-order valence-electron chi connectivity index (χ1n) is 7.77. The van der Waals surface area contributed by atoms with Gasteiger partial charge in [-0.3, -0.25) is 9.69 Å². The number of amides is 1. The fraction of sp³-hybridized carbons (Fsp3) is 0.211. The number of carboxylic acid groups (broad SMARTS) is 1. The summed E-state index contributed by atoms with van der Waals surface area (Å²) in [7, 11) is 0. The molecule has 0 heterocycles. The van der Waals surface area contributed by atoms with E-state index in [2.05, 4.69) is 0 Å². The van der Waals surface area contributed by atoms with Crippen molar-refractivity contribution in [3.63, 3.8) is 0 Å². The molecule has 0 aliphatic carbocycles. The van der Waals surface area contributed by atoms with Crippen molar-refractivity contribution in [2.45, 2.75) is 19.6 Å². The quantitative estimate of drug-likeness (QED) is 0.783. The average molecular weight is 341 g/mol. The molecule has 2 aromatic rings. The number of nitrogens with zero attached hydrogens (tertiary/aromatic N) is 1. The summed E-state index contributed by atoms with van der Waals surface area (Å²) < 4.78 is 5.17. The minimum absolute atomic E-state index is 0.00202. The number of rotatable bonds is 7. The monoisotopic (exact) mass is 341 g/mol. The first kappa shape index (κ1) is 18.2. The minimum Gasteiger partial charge on any atom is -0.480 e. The number of carboxylic acids is 1. The molecule has 0 spiro atoms. The number of Topliss-reactive ketones (excluding diaryl/α,β-unsaturated/α-hetero) is 1. The van der Waals surface area contributed by atoms with Crippen LogP contribution in [0.3, 0.4) is 0 Å². The fourth-order valence-corrected chi connectivity index (χ4v) is 2.17. The Morgan fingerprint density at radius 1 is 1.00 bits per heavy atom. The van der Waals surface area contributed by atoms with Gasteiger partial charge in [0.1, 0.15) is 12.6 Å². The molecule has 0 bridgehead atoms. The molecule has 0 saturated heterocycles. The van der Waals surface area contributed by atoms with Crippen molar-refractivity contribution in [3.8, 4) is 0 Å². The van der Waals surface area contributed by atoms with Crippen molar-refractivity contribution >= 4 is 17.8 Å². The van der Waals surface area contributed by atoms with E-state index in [1.54, 1.807) is 54.6 Å². The molecule has 2 rings (SSSR count). The second-order valence-electron chi connectivity index (χ2n) is 5.47. The van der Waals surface area contributed by atoms with E-state index < -0.39 is 18.1 Å². The molecule has 2 aromatic carbocycles. The normalized spacial score (nSPS) is 11.4. The Morgan fingerprint density at radius 2 is 1.56 bits per heavy atom. The van der Waals surface area contributed by atoms with Crippen LogP contribution >= 0.6 is 0 Å². The van der Waals surface area contributed by atoms with Crippen LogP contribution in [0.25, 0.3) is 0 Å². The molecule has 1 atom stereocenters. The largest absolute Gasteiger partial charge is 0.480 e. The SMILES string of the molecule is C[C@@H](C(=O)O)N(CC(=O)c1ccccc1)C(=O)OCc1ccccc1. The van der Waals surface area contributed by atoms with E-state index >= 15 is 0 Å². The van der Waals surface area contributed by atoms with Crippen molar-refractivity contribution in [2.75, 3.05) is 6.54 Å². The Labute approximate surface area is 145 Å². The van der Waals surface area contributed by atoms with Crippen molar-refractivity contribution < 1.29 is 24.2 Å². The lowest BCUT2D eigenvalue weighted by atomic mass is 10.1. The Morgan fingerprint density at radius 3 is 2.12 bits per heavy atom. The van der Waals surface area contributed by atoms with Gasteiger partial charge in [0.2, 0.25) is 0 Å². The molecular weight excluding hydrogens is 322 g/mol. The number of ketones is 1. The number of ether oxygens (including phenoxy) is 1. The number of hydrogen-bond donors (Lipinski definition) is 1. The number of hydrogen-bond acceptors (Lipinski definition) is 4. The van der Waals surface area contributed by atoms with Gasteiger partial charge in [-0.2, -0.15) is 0 Å². The zero-order valence-electron chi connectivity index (χ0n) is 13.8. The maximum atomic E-state index is 12.3. The van der Waals surface area contributed by atoms with Gasteiger partial charge in [0.25, 0.3) is 0 Å². The standard InChI is InChI=1S/C19H19NO5/c1-14(18(22)23)20(12-17(21)16-10-6-3-7-11-16)19(24)25-13-15-8-4-2-5-9-15/h2-11,14H,12-13H2,1H3,(H,22,23)/t14-/m0/s1. The summed E-state index contributed by atoms with van der Waals surface area (Å²) in [6.45, 7) is 0.970. The average Bonchev–Trinajstić information content (AvgIpc) is 2.64. The number of carbonyl (C=O) groups is 3. The first-order valence-corrected chi connectivity index (χ1v) is 7.77. The van der Waals surface area contributed by atoms with Gasteiger partial charge in [0.05, 0.1) is 6.54 Å². The predicted molar refractivity (Wildman–Crippen MR) is 91.2 cm³/mol. The molecule has 6 heteroatoms. The number of aliphatic carboxylic acids is 1. The van der Waals surface area contributed by atoms with Crippen molar-refractivity contribution in [1.29, 1.82) is 0 Å². The van der Waals surface area contributed by atoms with Gasteiger partial charge in [0.15, 0.2) is 5.78 Å². The highest BCUT2D eigenvalue weighted by Crippen LogP contribution is 2.09. The second kappa shape index (κ2) is 8.63. The topological polar surface area (TPSA) is 83.9 Å². The molecule has 0 aliphatic heterocycles. The Bertz CT molecular complexity index is 730. The Hall–Kier alpha value is -3.15. The van der Waals surface area contributed by atoms with Crippen LogP contribution < -0.4 is 0 Å². The molecule has 25 heavy (non-hydrogen) atoms. The van der Waals surface area contributed by atoms with Crippen LogP contribution in [0.5, 0.6) is 0 Å². The molecule has 0 unspecified atom stereocenters. The lowest BCUT2D eigenvalue weighted by Gasteiger charge is -2.25. The van der Waals surface area contributed by atoms with Crippen molar-refractivity contribution in [2.24, 2.45) is 0 Å². The third-order valence-electron chi connectivity index (χ3n) is 3.67. The maximum absolute atomic E-state index is 12.3. The van der Waals surface area contributed by atoms with Gasteiger partial charge in [-0.25, -0.2) is 9.59 Å². The van der Waals surface area contributed by atoms with E-state index in [4.69, 9.17) is 4.74 Å².